The molecule has 0 bridgehead atoms. The molecule has 1 saturated carbocycles. The topological polar surface area (TPSA) is 86.5 Å². The Hall–Kier alpha value is -2.24. The maximum atomic E-state index is 11.8. The van der Waals surface area contributed by atoms with E-state index in [1.165, 1.54) is 12.1 Å². The molecular formula is C14H15NO5. The predicted molar refractivity (Wildman–Crippen MR) is 69.7 cm³/mol. The van der Waals surface area contributed by atoms with Crippen molar-refractivity contribution in [2.45, 2.75) is 20.5 Å². The van der Waals surface area contributed by atoms with Crippen LogP contribution in [-0.2, 0) is 20.9 Å². The minimum Gasteiger partial charge on any atom is -0.461 e. The molecular weight excluding hydrogens is 262 g/mol. The average molecular weight is 277 g/mol. The Kier molecular flexibility index (Phi) is 3.57. The van der Waals surface area contributed by atoms with E-state index in [-0.39, 0.29) is 23.6 Å². The van der Waals surface area contributed by atoms with Crippen LogP contribution in [0.15, 0.2) is 24.3 Å². The van der Waals surface area contributed by atoms with Gasteiger partial charge in [-0.3, -0.25) is 14.9 Å². The van der Waals surface area contributed by atoms with E-state index in [4.69, 9.17) is 4.74 Å². The van der Waals surface area contributed by atoms with E-state index in [1.54, 1.807) is 12.1 Å². The molecule has 2 unspecified atom stereocenters. The maximum Gasteiger partial charge on any atom is 0.310 e. The molecule has 0 aliphatic heterocycles. The van der Waals surface area contributed by atoms with Crippen LogP contribution in [-0.4, -0.2) is 17.2 Å². The van der Waals surface area contributed by atoms with E-state index in [9.17, 15) is 19.7 Å². The molecule has 1 aliphatic carbocycles. The van der Waals surface area contributed by atoms with Gasteiger partial charge in [-0.1, -0.05) is 13.8 Å². The van der Waals surface area contributed by atoms with Crippen molar-refractivity contribution in [3.8, 4) is 0 Å². The van der Waals surface area contributed by atoms with E-state index in [0.717, 1.165) is 6.29 Å². The second-order valence-electron chi connectivity index (χ2n) is 5.49. The second kappa shape index (κ2) is 5.03. The summed E-state index contributed by atoms with van der Waals surface area (Å²) in [5, 5.41) is 10.5. The van der Waals surface area contributed by atoms with Gasteiger partial charge in [-0.15, -0.1) is 0 Å². The molecule has 0 heterocycles. The van der Waals surface area contributed by atoms with Gasteiger partial charge in [0.05, 0.1) is 10.8 Å². The standard InChI is InChI=1S/C14H15NO5/c1-14(2)11(7-16)12(14)13(17)20-8-9-3-5-10(6-4-9)15(18)19/h3-7,11-12H,8H2,1-2H3. The second-order valence-corrected chi connectivity index (χ2v) is 5.49. The number of hydrogen-bond donors (Lipinski definition) is 0. The Balaban J connectivity index is 1.91. The SMILES string of the molecule is CC1(C)C(C=O)C1C(=O)OCc1ccc([N+](=O)[O-])cc1. The van der Waals surface area contributed by atoms with Crippen LogP contribution in [0.2, 0.25) is 0 Å². The van der Waals surface area contributed by atoms with Crippen LogP contribution in [0, 0.1) is 27.4 Å². The lowest BCUT2D eigenvalue weighted by molar-refractivity contribution is -0.384. The zero-order valence-electron chi connectivity index (χ0n) is 11.2. The van der Waals surface area contributed by atoms with Crippen LogP contribution in [0.25, 0.3) is 0 Å². The number of carbonyl (C=O) groups excluding carboxylic acids is 2. The fourth-order valence-electron chi connectivity index (χ4n) is 2.34. The van der Waals surface area contributed by atoms with Crippen LogP contribution >= 0.6 is 0 Å². The largest absolute Gasteiger partial charge is 0.461 e. The summed E-state index contributed by atoms with van der Waals surface area (Å²) in [4.78, 5) is 32.7. The Morgan fingerprint density at radius 3 is 2.45 bits per heavy atom. The molecule has 0 saturated heterocycles. The Morgan fingerprint density at radius 1 is 1.40 bits per heavy atom. The van der Waals surface area contributed by atoms with Crippen molar-refractivity contribution in [3.63, 3.8) is 0 Å². The van der Waals surface area contributed by atoms with Crippen molar-refractivity contribution in [2.75, 3.05) is 0 Å². The zero-order chi connectivity index (χ0) is 14.9. The first-order valence-corrected chi connectivity index (χ1v) is 6.23. The van der Waals surface area contributed by atoms with Gasteiger partial charge >= 0.3 is 5.97 Å². The summed E-state index contributed by atoms with van der Waals surface area (Å²) in [6.45, 7) is 3.75. The monoisotopic (exact) mass is 277 g/mol. The summed E-state index contributed by atoms with van der Waals surface area (Å²) in [6, 6.07) is 5.80. The van der Waals surface area contributed by atoms with Gasteiger partial charge in [0.15, 0.2) is 0 Å². The summed E-state index contributed by atoms with van der Waals surface area (Å²) in [6.07, 6.45) is 0.789. The summed E-state index contributed by atoms with van der Waals surface area (Å²) in [7, 11) is 0. The summed E-state index contributed by atoms with van der Waals surface area (Å²) >= 11 is 0. The number of non-ortho nitro benzene ring substituents is 1. The molecule has 1 fully saturated rings. The third-order valence-electron chi connectivity index (χ3n) is 3.84. The Bertz CT molecular complexity index is 549. The van der Waals surface area contributed by atoms with Crippen molar-refractivity contribution < 1.29 is 19.2 Å². The van der Waals surface area contributed by atoms with E-state index >= 15 is 0 Å². The van der Waals surface area contributed by atoms with Gasteiger partial charge in [0.2, 0.25) is 0 Å². The molecule has 106 valence electrons. The fourth-order valence-corrected chi connectivity index (χ4v) is 2.34. The van der Waals surface area contributed by atoms with E-state index < -0.39 is 16.8 Å². The number of ether oxygens (including phenoxy) is 1. The number of carbonyl (C=O) groups is 2. The molecule has 2 rings (SSSR count). The first kappa shape index (κ1) is 14.2. The number of hydrogen-bond acceptors (Lipinski definition) is 5. The summed E-state index contributed by atoms with van der Waals surface area (Å²) in [5.41, 5.74) is 0.323. The Morgan fingerprint density at radius 2 is 2.00 bits per heavy atom. The van der Waals surface area contributed by atoms with E-state index in [0.29, 0.717) is 5.56 Å². The highest BCUT2D eigenvalue weighted by Crippen LogP contribution is 2.57. The van der Waals surface area contributed by atoms with Crippen molar-refractivity contribution >= 4 is 17.9 Å². The van der Waals surface area contributed by atoms with E-state index in [1.807, 2.05) is 13.8 Å². The molecule has 20 heavy (non-hydrogen) atoms. The molecule has 0 spiro atoms. The number of rotatable bonds is 5. The fraction of sp³-hybridized carbons (Fsp3) is 0.429. The summed E-state index contributed by atoms with van der Waals surface area (Å²) < 4.78 is 5.15. The molecule has 0 aromatic heterocycles. The molecule has 0 amide bonds. The number of esters is 1. The van der Waals surface area contributed by atoms with E-state index in [2.05, 4.69) is 0 Å². The quantitative estimate of drug-likeness (QED) is 0.356. The highest BCUT2D eigenvalue weighted by molar-refractivity contribution is 5.84. The highest BCUT2D eigenvalue weighted by Gasteiger charge is 2.62. The minimum absolute atomic E-state index is 0.00979. The van der Waals surface area contributed by atoms with Crippen LogP contribution in [0.5, 0.6) is 0 Å². The van der Waals surface area contributed by atoms with Gasteiger partial charge in [0, 0.05) is 18.1 Å². The van der Waals surface area contributed by atoms with Gasteiger partial charge in [-0.25, -0.2) is 0 Å². The van der Waals surface area contributed by atoms with Gasteiger partial charge < -0.3 is 9.53 Å². The first-order chi connectivity index (χ1) is 9.37. The van der Waals surface area contributed by atoms with Gasteiger partial charge in [-0.2, -0.15) is 0 Å². The van der Waals surface area contributed by atoms with Crippen LogP contribution in [0.1, 0.15) is 19.4 Å². The Labute approximate surface area is 115 Å². The molecule has 6 nitrogen and oxygen atoms in total. The van der Waals surface area contributed by atoms with Gasteiger partial charge in [0.25, 0.3) is 5.69 Å². The predicted octanol–water partition coefficient (Wildman–Crippen LogP) is 2.11. The van der Waals surface area contributed by atoms with Crippen molar-refractivity contribution in [3.05, 3.63) is 39.9 Å². The third kappa shape index (κ3) is 2.54. The normalized spacial score (nSPS) is 22.9. The molecule has 1 aromatic carbocycles. The van der Waals surface area contributed by atoms with Crippen molar-refractivity contribution in [1.82, 2.24) is 0 Å². The van der Waals surface area contributed by atoms with Crippen molar-refractivity contribution in [1.29, 1.82) is 0 Å². The number of nitrogens with zero attached hydrogens (tertiary/aromatic N) is 1. The molecule has 0 radical (unpaired) electrons. The van der Waals surface area contributed by atoms with Gasteiger partial charge in [0.1, 0.15) is 12.9 Å². The zero-order valence-corrected chi connectivity index (χ0v) is 11.2. The third-order valence-corrected chi connectivity index (χ3v) is 3.84. The van der Waals surface area contributed by atoms with Crippen LogP contribution in [0.4, 0.5) is 5.69 Å². The summed E-state index contributed by atoms with van der Waals surface area (Å²) in [5.74, 6) is -1.07. The minimum atomic E-state index is -0.489. The molecule has 2 atom stereocenters. The average Bonchev–Trinajstić information content (AvgIpc) is 2.98. The molecule has 1 aromatic rings. The lowest BCUT2D eigenvalue weighted by Crippen LogP contribution is -2.10. The van der Waals surface area contributed by atoms with Gasteiger partial charge in [-0.05, 0) is 23.1 Å². The smallest absolute Gasteiger partial charge is 0.310 e. The number of aldehydes is 1. The first-order valence-electron chi connectivity index (χ1n) is 6.23. The maximum absolute atomic E-state index is 11.8. The lowest BCUT2D eigenvalue weighted by atomic mass is 10.1. The van der Waals surface area contributed by atoms with Crippen molar-refractivity contribution in [2.24, 2.45) is 17.3 Å². The highest BCUT2D eigenvalue weighted by atomic mass is 16.6. The number of nitro benzene ring substituents is 1. The van der Waals surface area contributed by atoms with Crippen LogP contribution < -0.4 is 0 Å². The number of benzene rings is 1. The molecule has 6 heteroatoms. The van der Waals surface area contributed by atoms with Crippen LogP contribution in [0.3, 0.4) is 0 Å². The molecule has 1 aliphatic rings. The lowest BCUT2D eigenvalue weighted by Gasteiger charge is -2.05. The molecule has 0 N–H and O–H groups in total. The number of nitro groups is 1.